The maximum atomic E-state index is 12.7. The number of carbonyl (C=O) groups excluding carboxylic acids is 3. The Balaban J connectivity index is 1.12. The fraction of sp³-hybridized carbons (Fsp3) is 0.280. The molecule has 7 nitrogen and oxygen atoms in total. The molecule has 0 saturated carbocycles. The molecule has 0 aliphatic carbocycles. The molecule has 0 atom stereocenters. The van der Waals surface area contributed by atoms with Crippen LogP contribution in [0.5, 0.6) is 0 Å². The van der Waals surface area contributed by atoms with E-state index < -0.39 is 0 Å². The van der Waals surface area contributed by atoms with E-state index >= 15 is 0 Å². The van der Waals surface area contributed by atoms with Gasteiger partial charge in [-0.2, -0.15) is 0 Å². The third-order valence-electron chi connectivity index (χ3n) is 6.19. The number of para-hydroxylation sites is 1. The molecule has 3 heterocycles. The summed E-state index contributed by atoms with van der Waals surface area (Å²) in [5.74, 6) is 0.457. The summed E-state index contributed by atoms with van der Waals surface area (Å²) in [5.41, 5.74) is 1.86. The zero-order chi connectivity index (χ0) is 22.1. The van der Waals surface area contributed by atoms with Crippen molar-refractivity contribution in [1.29, 1.82) is 0 Å². The van der Waals surface area contributed by atoms with E-state index in [4.69, 9.17) is 4.98 Å². The molecular formula is C25H24N4O3. The Labute approximate surface area is 186 Å². The molecule has 2 aliphatic rings. The van der Waals surface area contributed by atoms with Crippen LogP contribution in [0.25, 0.3) is 10.9 Å². The molecule has 32 heavy (non-hydrogen) atoms. The molecule has 1 aromatic heterocycles. The van der Waals surface area contributed by atoms with Gasteiger partial charge in [-0.25, -0.2) is 4.98 Å². The quantitative estimate of drug-likeness (QED) is 0.584. The molecule has 7 heteroatoms. The van der Waals surface area contributed by atoms with Crippen molar-refractivity contribution < 1.29 is 14.4 Å². The predicted molar refractivity (Wildman–Crippen MR) is 122 cm³/mol. The van der Waals surface area contributed by atoms with Gasteiger partial charge in [0, 0.05) is 44.5 Å². The molecule has 1 saturated heterocycles. The number of rotatable bonds is 5. The van der Waals surface area contributed by atoms with Crippen LogP contribution in [0.3, 0.4) is 0 Å². The average molecular weight is 428 g/mol. The van der Waals surface area contributed by atoms with Gasteiger partial charge in [-0.1, -0.05) is 30.3 Å². The fourth-order valence-corrected chi connectivity index (χ4v) is 4.41. The largest absolute Gasteiger partial charge is 0.353 e. The minimum atomic E-state index is -0.269. The SMILES string of the molecule is O=C(CCCN1C(=O)c2ccccc2C1=O)N1CCN(c2ccc3ccccc3n2)CC1. The van der Waals surface area contributed by atoms with Gasteiger partial charge >= 0.3 is 0 Å². The first-order chi connectivity index (χ1) is 15.6. The third kappa shape index (κ3) is 3.70. The Bertz CT molecular complexity index is 1170. The van der Waals surface area contributed by atoms with Gasteiger partial charge in [0.15, 0.2) is 0 Å². The third-order valence-corrected chi connectivity index (χ3v) is 6.19. The van der Waals surface area contributed by atoms with Gasteiger partial charge < -0.3 is 9.80 Å². The molecule has 3 aromatic rings. The highest BCUT2D eigenvalue weighted by molar-refractivity contribution is 6.21. The van der Waals surface area contributed by atoms with Gasteiger partial charge in [-0.05, 0) is 36.8 Å². The first-order valence-electron chi connectivity index (χ1n) is 11.0. The Morgan fingerprint density at radius 1 is 0.812 bits per heavy atom. The first kappa shape index (κ1) is 20.2. The second-order valence-corrected chi connectivity index (χ2v) is 8.14. The van der Waals surface area contributed by atoms with Gasteiger partial charge in [0.25, 0.3) is 11.8 Å². The molecule has 0 N–H and O–H groups in total. The van der Waals surface area contributed by atoms with E-state index in [1.165, 1.54) is 4.90 Å². The van der Waals surface area contributed by atoms with Gasteiger partial charge in [-0.15, -0.1) is 0 Å². The zero-order valence-corrected chi connectivity index (χ0v) is 17.7. The van der Waals surface area contributed by atoms with E-state index in [1.54, 1.807) is 24.3 Å². The number of pyridine rings is 1. The van der Waals surface area contributed by atoms with E-state index in [-0.39, 0.29) is 24.3 Å². The lowest BCUT2D eigenvalue weighted by molar-refractivity contribution is -0.131. The summed E-state index contributed by atoms with van der Waals surface area (Å²) in [4.78, 5) is 47.6. The maximum Gasteiger partial charge on any atom is 0.261 e. The number of hydrogen-bond donors (Lipinski definition) is 0. The summed E-state index contributed by atoms with van der Waals surface area (Å²) in [5, 5.41) is 1.11. The Morgan fingerprint density at radius 2 is 1.47 bits per heavy atom. The number of anilines is 1. The van der Waals surface area contributed by atoms with Crippen LogP contribution in [0.15, 0.2) is 60.7 Å². The highest BCUT2D eigenvalue weighted by Gasteiger charge is 2.34. The second kappa shape index (κ2) is 8.42. The smallest absolute Gasteiger partial charge is 0.261 e. The molecule has 0 unspecified atom stereocenters. The minimum absolute atomic E-state index is 0.0627. The summed E-state index contributed by atoms with van der Waals surface area (Å²) in [7, 11) is 0. The van der Waals surface area contributed by atoms with Crippen molar-refractivity contribution in [3.63, 3.8) is 0 Å². The molecule has 162 valence electrons. The van der Waals surface area contributed by atoms with E-state index in [9.17, 15) is 14.4 Å². The second-order valence-electron chi connectivity index (χ2n) is 8.14. The van der Waals surface area contributed by atoms with Crippen molar-refractivity contribution in [2.75, 3.05) is 37.6 Å². The Morgan fingerprint density at radius 3 is 2.19 bits per heavy atom. The van der Waals surface area contributed by atoms with Crippen LogP contribution in [0.1, 0.15) is 33.6 Å². The van der Waals surface area contributed by atoms with E-state index in [0.29, 0.717) is 37.1 Å². The number of imide groups is 1. The van der Waals surface area contributed by atoms with E-state index in [2.05, 4.69) is 11.0 Å². The van der Waals surface area contributed by atoms with Crippen LogP contribution in [0, 0.1) is 0 Å². The highest BCUT2D eigenvalue weighted by atomic mass is 16.2. The summed E-state index contributed by atoms with van der Waals surface area (Å²) in [6.45, 7) is 3.00. The van der Waals surface area contributed by atoms with Gasteiger partial charge in [0.1, 0.15) is 5.82 Å². The summed E-state index contributed by atoms with van der Waals surface area (Å²) < 4.78 is 0. The summed E-state index contributed by atoms with van der Waals surface area (Å²) in [6.07, 6.45) is 0.790. The molecule has 1 fully saturated rings. The molecule has 2 aliphatic heterocycles. The number of benzene rings is 2. The van der Waals surface area contributed by atoms with E-state index in [1.807, 2.05) is 35.2 Å². The van der Waals surface area contributed by atoms with Gasteiger partial charge in [0.2, 0.25) is 5.91 Å². The maximum absolute atomic E-state index is 12.7. The Kier molecular flexibility index (Phi) is 5.31. The molecule has 0 radical (unpaired) electrons. The van der Waals surface area contributed by atoms with Crippen LogP contribution >= 0.6 is 0 Å². The van der Waals surface area contributed by atoms with Crippen LogP contribution in [0.2, 0.25) is 0 Å². The number of amides is 3. The number of carbonyl (C=O) groups is 3. The predicted octanol–water partition coefficient (Wildman–Crippen LogP) is 2.96. The normalized spacial score (nSPS) is 16.1. The highest BCUT2D eigenvalue weighted by Crippen LogP contribution is 2.23. The molecule has 0 spiro atoms. The van der Waals surface area contributed by atoms with Crippen molar-refractivity contribution in [2.45, 2.75) is 12.8 Å². The van der Waals surface area contributed by atoms with Crippen LogP contribution < -0.4 is 4.90 Å². The summed E-state index contributed by atoms with van der Waals surface area (Å²) in [6, 6.07) is 19.0. The van der Waals surface area contributed by atoms with E-state index in [0.717, 1.165) is 29.8 Å². The van der Waals surface area contributed by atoms with Crippen molar-refractivity contribution in [3.8, 4) is 0 Å². The molecule has 2 aromatic carbocycles. The minimum Gasteiger partial charge on any atom is -0.353 e. The molecule has 3 amide bonds. The molecular weight excluding hydrogens is 404 g/mol. The zero-order valence-electron chi connectivity index (χ0n) is 17.7. The van der Waals surface area contributed by atoms with Crippen molar-refractivity contribution >= 4 is 34.4 Å². The summed E-state index contributed by atoms with van der Waals surface area (Å²) >= 11 is 0. The Hall–Kier alpha value is -3.74. The monoisotopic (exact) mass is 428 g/mol. The number of nitrogens with zero attached hydrogens (tertiary/aromatic N) is 4. The number of aromatic nitrogens is 1. The number of hydrogen-bond acceptors (Lipinski definition) is 5. The number of fused-ring (bicyclic) bond motifs is 2. The lowest BCUT2D eigenvalue weighted by atomic mass is 10.1. The molecule has 5 rings (SSSR count). The van der Waals surface area contributed by atoms with Crippen LogP contribution in [-0.4, -0.2) is 65.2 Å². The average Bonchev–Trinajstić information content (AvgIpc) is 3.09. The van der Waals surface area contributed by atoms with Crippen LogP contribution in [0.4, 0.5) is 5.82 Å². The van der Waals surface area contributed by atoms with Crippen LogP contribution in [-0.2, 0) is 4.79 Å². The van der Waals surface area contributed by atoms with Crippen molar-refractivity contribution in [3.05, 3.63) is 71.8 Å². The molecule has 0 bridgehead atoms. The lowest BCUT2D eigenvalue weighted by Crippen LogP contribution is -2.49. The van der Waals surface area contributed by atoms with Gasteiger partial charge in [0.05, 0.1) is 16.6 Å². The standard InChI is InChI=1S/C25H24N4O3/c30-23(10-5-13-29-24(31)19-7-2-3-8-20(19)25(29)32)28-16-14-27(15-17-28)22-12-11-18-6-1-4-9-21(18)26-22/h1-4,6-9,11-12H,5,10,13-17H2. The van der Waals surface area contributed by atoms with Gasteiger partial charge in [-0.3, -0.25) is 19.3 Å². The van der Waals surface area contributed by atoms with Crippen molar-refractivity contribution in [2.24, 2.45) is 0 Å². The lowest BCUT2D eigenvalue weighted by Gasteiger charge is -2.35. The first-order valence-corrected chi connectivity index (χ1v) is 11.0. The topological polar surface area (TPSA) is 73.8 Å². The van der Waals surface area contributed by atoms with Crippen molar-refractivity contribution in [1.82, 2.24) is 14.8 Å². The number of piperazine rings is 1. The fourth-order valence-electron chi connectivity index (χ4n) is 4.41.